The number of nitrogens with zero attached hydrogens (tertiary/aromatic N) is 2. The first-order chi connectivity index (χ1) is 8.44. The fraction of sp³-hybridized carbons (Fsp3) is 0.385. The number of aryl methyl sites for hydroxylation is 1. The minimum atomic E-state index is -0.575. The molecular weight excluding hydrogens is 294 g/mol. The summed E-state index contributed by atoms with van der Waals surface area (Å²) in [5, 5.41) is 4.01. The maximum atomic E-state index is 6.09. The third-order valence-corrected chi connectivity index (χ3v) is 3.57. The number of halogens is 1. The van der Waals surface area contributed by atoms with E-state index in [-0.39, 0.29) is 0 Å². The Hall–Kier alpha value is -1.20. The zero-order valence-electron chi connectivity index (χ0n) is 10.7. The van der Waals surface area contributed by atoms with Crippen molar-refractivity contribution >= 4 is 15.9 Å². The molecule has 18 heavy (non-hydrogen) atoms. The second kappa shape index (κ2) is 4.82. The van der Waals surface area contributed by atoms with Crippen LogP contribution in [0.4, 0.5) is 0 Å². The van der Waals surface area contributed by atoms with Crippen molar-refractivity contribution in [3.63, 3.8) is 0 Å². The van der Waals surface area contributed by atoms with E-state index in [0.29, 0.717) is 11.7 Å². The lowest BCUT2D eigenvalue weighted by atomic mass is 10.0. The second-order valence-electron chi connectivity index (χ2n) is 4.65. The highest BCUT2D eigenvalue weighted by Gasteiger charge is 2.26. The SMILES string of the molecule is CCC(C)(N)c1nc(-c2ccc(Br)cc2C)no1. The van der Waals surface area contributed by atoms with E-state index in [1.165, 1.54) is 0 Å². The van der Waals surface area contributed by atoms with E-state index < -0.39 is 5.54 Å². The van der Waals surface area contributed by atoms with Crippen molar-refractivity contribution in [2.24, 2.45) is 5.73 Å². The standard InChI is InChI=1S/C13H16BrN3O/c1-4-13(3,15)12-16-11(17-18-12)10-6-5-9(14)7-8(10)2/h5-7H,4,15H2,1-3H3. The van der Waals surface area contributed by atoms with Crippen LogP contribution < -0.4 is 5.73 Å². The predicted octanol–water partition coefficient (Wildman–Crippen LogP) is 3.39. The van der Waals surface area contributed by atoms with Crippen molar-refractivity contribution in [2.45, 2.75) is 32.7 Å². The summed E-state index contributed by atoms with van der Waals surface area (Å²) in [5.74, 6) is 1.06. The van der Waals surface area contributed by atoms with E-state index in [9.17, 15) is 0 Å². The van der Waals surface area contributed by atoms with Gasteiger partial charge in [0.1, 0.15) is 0 Å². The Kier molecular flexibility index (Phi) is 3.54. The third kappa shape index (κ3) is 2.47. The van der Waals surface area contributed by atoms with Gasteiger partial charge in [-0.3, -0.25) is 0 Å². The molecule has 1 atom stereocenters. The fourth-order valence-corrected chi connectivity index (χ4v) is 2.07. The van der Waals surface area contributed by atoms with Gasteiger partial charge in [-0.2, -0.15) is 4.98 Å². The quantitative estimate of drug-likeness (QED) is 0.943. The van der Waals surface area contributed by atoms with Crippen molar-refractivity contribution in [2.75, 3.05) is 0 Å². The molecule has 2 N–H and O–H groups in total. The summed E-state index contributed by atoms with van der Waals surface area (Å²) in [6, 6.07) is 5.94. The molecule has 0 aliphatic heterocycles. The van der Waals surface area contributed by atoms with E-state index >= 15 is 0 Å². The highest BCUT2D eigenvalue weighted by molar-refractivity contribution is 9.10. The van der Waals surface area contributed by atoms with Gasteiger partial charge in [-0.15, -0.1) is 0 Å². The lowest BCUT2D eigenvalue weighted by Gasteiger charge is -2.16. The minimum Gasteiger partial charge on any atom is -0.337 e. The molecule has 0 saturated carbocycles. The first-order valence-electron chi connectivity index (χ1n) is 5.83. The van der Waals surface area contributed by atoms with Crippen molar-refractivity contribution < 1.29 is 4.52 Å². The van der Waals surface area contributed by atoms with Crippen molar-refractivity contribution in [3.05, 3.63) is 34.1 Å². The van der Waals surface area contributed by atoms with Gasteiger partial charge in [-0.05, 0) is 44.0 Å². The van der Waals surface area contributed by atoms with Crippen LogP contribution in [-0.4, -0.2) is 10.1 Å². The van der Waals surface area contributed by atoms with Gasteiger partial charge in [0.15, 0.2) is 0 Å². The summed E-state index contributed by atoms with van der Waals surface area (Å²) in [7, 11) is 0. The van der Waals surface area contributed by atoms with Crippen LogP contribution in [-0.2, 0) is 5.54 Å². The van der Waals surface area contributed by atoms with E-state index in [2.05, 4.69) is 26.1 Å². The maximum absolute atomic E-state index is 6.09. The number of aromatic nitrogens is 2. The Labute approximate surface area is 115 Å². The monoisotopic (exact) mass is 309 g/mol. The molecule has 0 fully saturated rings. The van der Waals surface area contributed by atoms with E-state index in [1.54, 1.807) is 0 Å². The van der Waals surface area contributed by atoms with E-state index in [0.717, 1.165) is 22.0 Å². The van der Waals surface area contributed by atoms with Gasteiger partial charge in [-0.25, -0.2) is 0 Å². The molecule has 2 rings (SSSR count). The molecule has 0 radical (unpaired) electrons. The Morgan fingerprint density at radius 3 is 2.78 bits per heavy atom. The summed E-state index contributed by atoms with van der Waals surface area (Å²) in [6.45, 7) is 5.89. The highest BCUT2D eigenvalue weighted by atomic mass is 79.9. The average Bonchev–Trinajstić information content (AvgIpc) is 2.79. The van der Waals surface area contributed by atoms with Crippen LogP contribution in [0.25, 0.3) is 11.4 Å². The molecule has 0 bridgehead atoms. The lowest BCUT2D eigenvalue weighted by Crippen LogP contribution is -2.32. The molecule has 1 unspecified atom stereocenters. The summed E-state index contributed by atoms with van der Waals surface area (Å²) in [6.07, 6.45) is 0.744. The van der Waals surface area contributed by atoms with Crippen LogP contribution in [0.1, 0.15) is 31.7 Å². The predicted molar refractivity (Wildman–Crippen MR) is 74.0 cm³/mol. The minimum absolute atomic E-state index is 0.474. The smallest absolute Gasteiger partial charge is 0.246 e. The van der Waals surface area contributed by atoms with Gasteiger partial charge in [0.05, 0.1) is 5.54 Å². The van der Waals surface area contributed by atoms with Crippen LogP contribution in [0, 0.1) is 6.92 Å². The van der Waals surface area contributed by atoms with E-state index in [1.807, 2.05) is 39.0 Å². The van der Waals surface area contributed by atoms with Gasteiger partial charge in [0.2, 0.25) is 11.7 Å². The molecule has 0 saturated heterocycles. The van der Waals surface area contributed by atoms with Gasteiger partial charge in [0, 0.05) is 10.0 Å². The summed E-state index contributed by atoms with van der Waals surface area (Å²) >= 11 is 3.43. The molecule has 2 aromatic rings. The van der Waals surface area contributed by atoms with E-state index in [4.69, 9.17) is 10.3 Å². The van der Waals surface area contributed by atoms with Gasteiger partial charge in [-0.1, -0.05) is 28.0 Å². The largest absolute Gasteiger partial charge is 0.337 e. The number of benzene rings is 1. The molecule has 0 aliphatic rings. The van der Waals surface area contributed by atoms with Gasteiger partial charge < -0.3 is 10.3 Å². The van der Waals surface area contributed by atoms with Crippen molar-refractivity contribution in [3.8, 4) is 11.4 Å². The first kappa shape index (κ1) is 13.2. The zero-order valence-corrected chi connectivity index (χ0v) is 12.3. The van der Waals surface area contributed by atoms with Crippen molar-refractivity contribution in [1.29, 1.82) is 0 Å². The maximum Gasteiger partial charge on any atom is 0.246 e. The summed E-state index contributed by atoms with van der Waals surface area (Å²) in [5.41, 5.74) is 7.56. The third-order valence-electron chi connectivity index (χ3n) is 3.08. The average molecular weight is 310 g/mol. The zero-order chi connectivity index (χ0) is 13.3. The van der Waals surface area contributed by atoms with Crippen LogP contribution in [0.15, 0.2) is 27.2 Å². The summed E-state index contributed by atoms with van der Waals surface area (Å²) < 4.78 is 6.29. The van der Waals surface area contributed by atoms with Crippen LogP contribution in [0.5, 0.6) is 0 Å². The number of nitrogens with two attached hydrogens (primary N) is 1. The molecule has 4 nitrogen and oxygen atoms in total. The first-order valence-corrected chi connectivity index (χ1v) is 6.63. The number of rotatable bonds is 3. The normalized spacial score (nSPS) is 14.5. The fourth-order valence-electron chi connectivity index (χ4n) is 1.59. The Morgan fingerprint density at radius 1 is 1.44 bits per heavy atom. The van der Waals surface area contributed by atoms with Crippen molar-refractivity contribution in [1.82, 2.24) is 10.1 Å². The highest BCUT2D eigenvalue weighted by Crippen LogP contribution is 2.26. The molecular formula is C13H16BrN3O. The Balaban J connectivity index is 2.41. The lowest BCUT2D eigenvalue weighted by molar-refractivity contribution is 0.291. The molecule has 0 spiro atoms. The van der Waals surface area contributed by atoms with Crippen LogP contribution >= 0.6 is 15.9 Å². The molecule has 5 heteroatoms. The van der Waals surface area contributed by atoms with Crippen LogP contribution in [0.2, 0.25) is 0 Å². The molecule has 1 aromatic carbocycles. The Bertz CT molecular complexity index is 563. The molecule has 0 amide bonds. The molecule has 1 heterocycles. The molecule has 0 aliphatic carbocycles. The topological polar surface area (TPSA) is 64.9 Å². The van der Waals surface area contributed by atoms with Crippen LogP contribution in [0.3, 0.4) is 0 Å². The second-order valence-corrected chi connectivity index (χ2v) is 5.57. The Morgan fingerprint density at radius 2 is 2.17 bits per heavy atom. The van der Waals surface area contributed by atoms with Gasteiger partial charge in [0.25, 0.3) is 0 Å². The number of hydrogen-bond acceptors (Lipinski definition) is 4. The molecule has 1 aromatic heterocycles. The summed E-state index contributed by atoms with van der Waals surface area (Å²) in [4.78, 5) is 4.40. The molecule has 96 valence electrons. The number of hydrogen-bond donors (Lipinski definition) is 1. The van der Waals surface area contributed by atoms with Gasteiger partial charge >= 0.3 is 0 Å².